The Bertz CT molecular complexity index is 1710. The summed E-state index contributed by atoms with van der Waals surface area (Å²) in [6.45, 7) is 3.92. The second-order valence-corrected chi connectivity index (χ2v) is 10.4. The van der Waals surface area contributed by atoms with E-state index < -0.39 is 17.8 Å². The van der Waals surface area contributed by atoms with E-state index in [1.165, 1.54) is 23.2 Å². The Morgan fingerprint density at radius 2 is 1.82 bits per heavy atom. The molecule has 2 aromatic carbocycles. The van der Waals surface area contributed by atoms with Gasteiger partial charge in [0, 0.05) is 37.7 Å². The molecule has 2 amide bonds. The summed E-state index contributed by atoms with van der Waals surface area (Å²) in [4.78, 5) is 40.0. The number of halogens is 1. The molecule has 1 N–H and O–H groups in total. The van der Waals surface area contributed by atoms with Crippen molar-refractivity contribution in [3.05, 3.63) is 89.8 Å². The SMILES string of the molecule is CC(C)C[C@@H](NC(=O)c1ccc(-c2cnc3ncc(Cc4ccc5ncccc5c4)n3n2)cc1F)C(=O)N(C)C. The minimum absolute atomic E-state index is 0.146. The van der Waals surface area contributed by atoms with E-state index in [0.717, 1.165) is 22.2 Å². The van der Waals surface area contributed by atoms with Gasteiger partial charge in [-0.25, -0.2) is 18.9 Å². The molecule has 0 radical (unpaired) electrons. The number of nitrogens with one attached hydrogen (secondary N) is 1. The van der Waals surface area contributed by atoms with E-state index in [-0.39, 0.29) is 17.4 Å². The second kappa shape index (κ2) is 11.2. The van der Waals surface area contributed by atoms with Crippen LogP contribution in [0.1, 0.15) is 41.9 Å². The number of hydrogen-bond acceptors (Lipinski definition) is 6. The maximum Gasteiger partial charge on any atom is 0.254 e. The maximum absolute atomic E-state index is 15.2. The summed E-state index contributed by atoms with van der Waals surface area (Å²) in [6.07, 6.45) is 6.03. The summed E-state index contributed by atoms with van der Waals surface area (Å²) in [5.41, 5.74) is 3.56. The van der Waals surface area contributed by atoms with Crippen LogP contribution in [0, 0.1) is 11.7 Å². The normalized spacial score (nSPS) is 12.2. The number of rotatable bonds is 8. The van der Waals surface area contributed by atoms with Gasteiger partial charge in [-0.1, -0.05) is 32.0 Å². The van der Waals surface area contributed by atoms with E-state index in [0.29, 0.717) is 29.9 Å². The maximum atomic E-state index is 15.2. The number of carbonyl (C=O) groups is 2. The zero-order valence-electron chi connectivity index (χ0n) is 22.8. The molecule has 5 rings (SSSR count). The average molecular weight is 540 g/mol. The van der Waals surface area contributed by atoms with E-state index in [1.807, 2.05) is 38.1 Å². The van der Waals surface area contributed by atoms with Gasteiger partial charge in [-0.3, -0.25) is 14.6 Å². The van der Waals surface area contributed by atoms with E-state index in [1.54, 1.807) is 37.1 Å². The number of fused-ring (bicyclic) bond motifs is 2. The number of imidazole rings is 1. The van der Waals surface area contributed by atoms with Gasteiger partial charge in [0.1, 0.15) is 17.6 Å². The second-order valence-electron chi connectivity index (χ2n) is 10.4. The van der Waals surface area contributed by atoms with Gasteiger partial charge < -0.3 is 10.2 Å². The van der Waals surface area contributed by atoms with Crippen molar-refractivity contribution >= 4 is 28.5 Å². The van der Waals surface area contributed by atoms with Gasteiger partial charge in [0.15, 0.2) is 0 Å². The quantitative estimate of drug-likeness (QED) is 0.315. The number of hydrogen-bond donors (Lipinski definition) is 1. The van der Waals surface area contributed by atoms with Gasteiger partial charge in [0.25, 0.3) is 11.7 Å². The lowest BCUT2D eigenvalue weighted by Gasteiger charge is -2.23. The van der Waals surface area contributed by atoms with E-state index in [2.05, 4.69) is 31.4 Å². The first kappa shape index (κ1) is 26.9. The molecule has 1 atom stereocenters. The van der Waals surface area contributed by atoms with E-state index in [9.17, 15) is 9.59 Å². The molecule has 0 fully saturated rings. The predicted octanol–water partition coefficient (Wildman–Crippen LogP) is 4.30. The molecule has 0 aliphatic rings. The van der Waals surface area contributed by atoms with Crippen LogP contribution in [0.15, 0.2) is 67.1 Å². The summed E-state index contributed by atoms with van der Waals surface area (Å²) in [5, 5.41) is 8.40. The van der Waals surface area contributed by atoms with Crippen molar-refractivity contribution in [2.45, 2.75) is 32.7 Å². The van der Waals surface area contributed by atoms with Gasteiger partial charge in [-0.15, -0.1) is 0 Å². The standard InChI is InChI=1S/C30H30FN7O2/c1-18(2)12-26(29(40)37(3)4)35-28(39)23-9-8-21(15-24(23)31)27-17-34-30-33-16-22(38(30)36-27)14-19-7-10-25-20(13-19)6-5-11-32-25/h5-11,13,15-18,26H,12,14H2,1-4H3,(H,35,39)/t26-/m1/s1. The number of nitrogens with zero attached hydrogens (tertiary/aromatic N) is 6. The highest BCUT2D eigenvalue weighted by Crippen LogP contribution is 2.22. The van der Waals surface area contributed by atoms with Crippen LogP contribution in [-0.2, 0) is 11.2 Å². The van der Waals surface area contributed by atoms with Gasteiger partial charge in [-0.2, -0.15) is 5.10 Å². The first-order valence-electron chi connectivity index (χ1n) is 13.0. The Kier molecular flexibility index (Phi) is 7.50. The minimum atomic E-state index is -0.742. The van der Waals surface area contributed by atoms with Crippen molar-refractivity contribution < 1.29 is 14.0 Å². The molecule has 0 aliphatic heterocycles. The number of amides is 2. The highest BCUT2D eigenvalue weighted by molar-refractivity contribution is 5.98. The topological polar surface area (TPSA) is 105 Å². The van der Waals surface area contributed by atoms with Crippen LogP contribution in [0.2, 0.25) is 0 Å². The summed E-state index contributed by atoms with van der Waals surface area (Å²) in [6, 6.07) is 13.5. The number of likely N-dealkylation sites (N-methyl/N-ethyl adjacent to an activating group) is 1. The van der Waals surface area contributed by atoms with Crippen LogP contribution in [0.4, 0.5) is 4.39 Å². The van der Waals surface area contributed by atoms with Crippen molar-refractivity contribution in [3.8, 4) is 11.3 Å². The number of benzene rings is 2. The minimum Gasteiger partial charge on any atom is -0.347 e. The van der Waals surface area contributed by atoms with Gasteiger partial charge >= 0.3 is 0 Å². The van der Waals surface area contributed by atoms with Gasteiger partial charge in [0.2, 0.25) is 5.91 Å². The molecule has 40 heavy (non-hydrogen) atoms. The Morgan fingerprint density at radius 1 is 1.02 bits per heavy atom. The highest BCUT2D eigenvalue weighted by atomic mass is 19.1. The van der Waals surface area contributed by atoms with Crippen LogP contribution in [0.25, 0.3) is 27.9 Å². The summed E-state index contributed by atoms with van der Waals surface area (Å²) in [7, 11) is 3.25. The molecule has 3 heterocycles. The molecule has 9 nitrogen and oxygen atoms in total. The predicted molar refractivity (Wildman–Crippen MR) is 150 cm³/mol. The Labute approximate surface area is 231 Å². The molecular weight excluding hydrogens is 509 g/mol. The molecule has 5 aromatic rings. The van der Waals surface area contributed by atoms with E-state index in [4.69, 9.17) is 0 Å². The van der Waals surface area contributed by atoms with E-state index >= 15 is 4.39 Å². The number of carbonyl (C=O) groups excluding carboxylic acids is 2. The van der Waals surface area contributed by atoms with Crippen LogP contribution in [0.3, 0.4) is 0 Å². The van der Waals surface area contributed by atoms with Crippen molar-refractivity contribution in [3.63, 3.8) is 0 Å². The Balaban J connectivity index is 1.39. The zero-order chi connectivity index (χ0) is 28.4. The molecule has 204 valence electrons. The third kappa shape index (κ3) is 5.66. The average Bonchev–Trinajstić information content (AvgIpc) is 3.33. The molecule has 0 aliphatic carbocycles. The molecule has 0 spiro atoms. The molecule has 10 heteroatoms. The fourth-order valence-corrected chi connectivity index (χ4v) is 4.62. The molecular formula is C30H30FN7O2. The van der Waals surface area contributed by atoms with Crippen molar-refractivity contribution in [1.82, 2.24) is 34.8 Å². The third-order valence-corrected chi connectivity index (χ3v) is 6.61. The van der Waals surface area contributed by atoms with Crippen molar-refractivity contribution in [2.24, 2.45) is 5.92 Å². The number of pyridine rings is 1. The monoisotopic (exact) mass is 539 g/mol. The lowest BCUT2D eigenvalue weighted by molar-refractivity contribution is -0.131. The first-order valence-corrected chi connectivity index (χ1v) is 13.0. The molecule has 0 bridgehead atoms. The van der Waals surface area contributed by atoms with Crippen molar-refractivity contribution in [1.29, 1.82) is 0 Å². The molecule has 0 saturated heterocycles. The van der Waals surface area contributed by atoms with Crippen LogP contribution in [0.5, 0.6) is 0 Å². The van der Waals surface area contributed by atoms with Gasteiger partial charge in [-0.05, 0) is 48.2 Å². The fourth-order valence-electron chi connectivity index (χ4n) is 4.62. The molecule has 0 saturated carbocycles. The highest BCUT2D eigenvalue weighted by Gasteiger charge is 2.25. The third-order valence-electron chi connectivity index (χ3n) is 6.61. The lowest BCUT2D eigenvalue weighted by Crippen LogP contribution is -2.47. The lowest BCUT2D eigenvalue weighted by atomic mass is 10.0. The largest absolute Gasteiger partial charge is 0.347 e. The number of aromatic nitrogens is 5. The summed E-state index contributed by atoms with van der Waals surface area (Å²) < 4.78 is 16.8. The zero-order valence-corrected chi connectivity index (χ0v) is 22.8. The van der Waals surface area contributed by atoms with Crippen LogP contribution in [-0.4, -0.2) is 61.4 Å². The van der Waals surface area contributed by atoms with Crippen LogP contribution < -0.4 is 5.32 Å². The Morgan fingerprint density at radius 3 is 2.58 bits per heavy atom. The first-order chi connectivity index (χ1) is 19.2. The van der Waals surface area contributed by atoms with Crippen molar-refractivity contribution in [2.75, 3.05) is 14.1 Å². The van der Waals surface area contributed by atoms with Gasteiger partial charge in [0.05, 0.1) is 29.2 Å². The van der Waals surface area contributed by atoms with Crippen LogP contribution >= 0.6 is 0 Å². The molecule has 3 aromatic heterocycles. The summed E-state index contributed by atoms with van der Waals surface area (Å²) >= 11 is 0. The Hall–Kier alpha value is -4.73. The molecule has 0 unspecified atom stereocenters. The fraction of sp³-hybridized carbons (Fsp3) is 0.267. The smallest absolute Gasteiger partial charge is 0.254 e. The summed E-state index contributed by atoms with van der Waals surface area (Å²) in [5.74, 6) is -0.998.